The molecule has 1 fully saturated rings. The minimum absolute atomic E-state index is 0.284. The summed E-state index contributed by atoms with van der Waals surface area (Å²) in [6, 6.07) is -0.729. The molecule has 0 unspecified atom stereocenters. The van der Waals surface area contributed by atoms with Crippen molar-refractivity contribution in [2.45, 2.75) is 32.4 Å². The molecule has 7 heteroatoms. The molecule has 0 aromatic carbocycles. The first-order valence-corrected chi connectivity index (χ1v) is 6.15. The van der Waals surface area contributed by atoms with Gasteiger partial charge in [0.15, 0.2) is 0 Å². The number of ether oxygens (including phenoxy) is 1. The van der Waals surface area contributed by atoms with Gasteiger partial charge in [-0.2, -0.15) is 0 Å². The van der Waals surface area contributed by atoms with Crippen LogP contribution in [0.1, 0.15) is 20.8 Å². The lowest BCUT2D eigenvalue weighted by Gasteiger charge is -2.23. The van der Waals surface area contributed by atoms with Crippen molar-refractivity contribution in [2.24, 2.45) is 17.8 Å². The lowest BCUT2D eigenvalue weighted by atomic mass is 10.1. The third-order valence-electron chi connectivity index (χ3n) is 3.09. The number of carbonyl (C=O) groups excluding carboxylic acids is 1. The van der Waals surface area contributed by atoms with Gasteiger partial charge < -0.3 is 25.4 Å². The molecule has 0 radical (unpaired) electrons. The average Bonchev–Trinajstić information content (AvgIpc) is 2.97. The summed E-state index contributed by atoms with van der Waals surface area (Å²) in [5.74, 6) is -2.69. The van der Waals surface area contributed by atoms with Gasteiger partial charge in [-0.1, -0.05) is 0 Å². The number of carboxylic acid groups (broad SMARTS) is 1. The van der Waals surface area contributed by atoms with E-state index >= 15 is 0 Å². The van der Waals surface area contributed by atoms with E-state index in [1.54, 1.807) is 20.8 Å². The van der Waals surface area contributed by atoms with Crippen molar-refractivity contribution in [3.05, 3.63) is 0 Å². The number of rotatable bonds is 5. The van der Waals surface area contributed by atoms with E-state index in [-0.39, 0.29) is 6.61 Å². The van der Waals surface area contributed by atoms with Gasteiger partial charge in [0.1, 0.15) is 5.60 Å². The number of carboxylic acids is 1. The van der Waals surface area contributed by atoms with E-state index in [0.29, 0.717) is 0 Å². The first-order chi connectivity index (χ1) is 8.71. The number of aliphatic carboxylic acids is 1. The minimum atomic E-state index is -1.03. The maximum Gasteiger partial charge on any atom is 0.407 e. The Balaban J connectivity index is 2.60. The van der Waals surface area contributed by atoms with Crippen LogP contribution in [0.5, 0.6) is 0 Å². The highest BCUT2D eigenvalue weighted by Gasteiger charge is 2.58. The second-order valence-corrected chi connectivity index (χ2v) is 5.72. The van der Waals surface area contributed by atoms with Crippen molar-refractivity contribution < 1.29 is 29.6 Å². The van der Waals surface area contributed by atoms with Gasteiger partial charge in [0.05, 0.1) is 18.6 Å². The molecule has 7 nitrogen and oxygen atoms in total. The molecule has 0 spiro atoms. The second kappa shape index (κ2) is 5.75. The Morgan fingerprint density at radius 1 is 1.32 bits per heavy atom. The highest BCUT2D eigenvalue weighted by molar-refractivity contribution is 5.75. The van der Waals surface area contributed by atoms with Crippen molar-refractivity contribution in [3.8, 4) is 0 Å². The van der Waals surface area contributed by atoms with Gasteiger partial charge in [-0.3, -0.25) is 4.79 Å². The Labute approximate surface area is 111 Å². The van der Waals surface area contributed by atoms with Crippen LogP contribution in [-0.4, -0.2) is 52.2 Å². The summed E-state index contributed by atoms with van der Waals surface area (Å²) in [4.78, 5) is 22.5. The Morgan fingerprint density at radius 2 is 1.89 bits per heavy atom. The van der Waals surface area contributed by atoms with Crippen molar-refractivity contribution in [1.82, 2.24) is 5.32 Å². The molecule has 1 rings (SSSR count). The van der Waals surface area contributed by atoms with Gasteiger partial charge in [-0.15, -0.1) is 0 Å². The number of alkyl carbamates (subject to hydrolysis) is 1. The number of aliphatic hydroxyl groups excluding tert-OH is 2. The topological polar surface area (TPSA) is 116 Å². The normalized spacial score (nSPS) is 27.5. The van der Waals surface area contributed by atoms with E-state index in [4.69, 9.17) is 14.9 Å². The van der Waals surface area contributed by atoms with Crippen LogP contribution < -0.4 is 5.32 Å². The lowest BCUT2D eigenvalue weighted by Crippen LogP contribution is -2.43. The number of carbonyl (C=O) groups is 2. The summed E-state index contributed by atoms with van der Waals surface area (Å²) in [6.45, 7) is 4.43. The Morgan fingerprint density at radius 3 is 2.21 bits per heavy atom. The first-order valence-electron chi connectivity index (χ1n) is 6.15. The summed E-state index contributed by atoms with van der Waals surface area (Å²) in [5.41, 5.74) is -0.670. The monoisotopic (exact) mass is 275 g/mol. The van der Waals surface area contributed by atoms with E-state index in [2.05, 4.69) is 5.32 Å². The van der Waals surface area contributed by atoms with Gasteiger partial charge in [0.25, 0.3) is 0 Å². The zero-order valence-corrected chi connectivity index (χ0v) is 11.3. The first kappa shape index (κ1) is 15.7. The van der Waals surface area contributed by atoms with Gasteiger partial charge in [-0.05, 0) is 20.8 Å². The molecule has 4 atom stereocenters. The van der Waals surface area contributed by atoms with Gasteiger partial charge in [-0.25, -0.2) is 4.79 Å². The molecular formula is C12H21NO6. The summed E-state index contributed by atoms with van der Waals surface area (Å²) < 4.78 is 5.04. The number of amides is 1. The van der Waals surface area contributed by atoms with Gasteiger partial charge in [0.2, 0.25) is 0 Å². The zero-order chi connectivity index (χ0) is 14.8. The zero-order valence-electron chi connectivity index (χ0n) is 11.3. The predicted molar refractivity (Wildman–Crippen MR) is 65.4 cm³/mol. The largest absolute Gasteiger partial charge is 0.481 e. The standard InChI is InChI=1S/C12H21NO6/c1-12(2,3)19-11(18)13-7(5-15)8-6(4-14)9(8)10(16)17/h6-9,14-15H,4-5H2,1-3H3,(H,13,18)(H,16,17)/t6-,7-,8+,9+/m1/s1. The van der Waals surface area contributed by atoms with E-state index in [1.165, 1.54) is 0 Å². The summed E-state index contributed by atoms with van der Waals surface area (Å²) in [7, 11) is 0. The Kier molecular flexibility index (Phi) is 4.75. The molecule has 0 aromatic rings. The maximum absolute atomic E-state index is 11.6. The van der Waals surface area contributed by atoms with E-state index in [1.807, 2.05) is 0 Å². The summed E-state index contributed by atoms with van der Waals surface area (Å²) in [6.07, 6.45) is -0.709. The molecule has 19 heavy (non-hydrogen) atoms. The van der Waals surface area contributed by atoms with E-state index in [0.717, 1.165) is 0 Å². The average molecular weight is 275 g/mol. The SMILES string of the molecule is CC(C)(C)OC(=O)N[C@H](CO)[C@@H]1[C@@H](CO)[C@@H]1C(=O)O. The fourth-order valence-corrected chi connectivity index (χ4v) is 2.25. The van der Waals surface area contributed by atoms with Crippen molar-refractivity contribution >= 4 is 12.1 Å². The van der Waals surface area contributed by atoms with Crippen LogP contribution in [0.2, 0.25) is 0 Å². The fourth-order valence-electron chi connectivity index (χ4n) is 2.25. The van der Waals surface area contributed by atoms with Crippen LogP contribution in [0.4, 0.5) is 4.79 Å². The molecule has 0 saturated heterocycles. The number of nitrogens with one attached hydrogen (secondary N) is 1. The molecule has 0 aliphatic heterocycles. The van der Waals surface area contributed by atoms with Crippen LogP contribution in [-0.2, 0) is 9.53 Å². The van der Waals surface area contributed by atoms with Crippen LogP contribution in [0.25, 0.3) is 0 Å². The summed E-state index contributed by atoms with van der Waals surface area (Å²) in [5, 5.41) is 29.7. The number of hydrogen-bond donors (Lipinski definition) is 4. The molecule has 1 aliphatic carbocycles. The molecule has 1 amide bonds. The third-order valence-corrected chi connectivity index (χ3v) is 3.09. The molecule has 1 saturated carbocycles. The number of aliphatic hydroxyl groups is 2. The molecule has 1 aliphatic rings. The van der Waals surface area contributed by atoms with Crippen LogP contribution in [0.3, 0.4) is 0 Å². The van der Waals surface area contributed by atoms with Crippen LogP contribution >= 0.6 is 0 Å². The molecule has 0 bridgehead atoms. The second-order valence-electron chi connectivity index (χ2n) is 5.72. The lowest BCUT2D eigenvalue weighted by molar-refractivity contribution is -0.139. The molecule has 0 heterocycles. The van der Waals surface area contributed by atoms with Crippen LogP contribution in [0, 0.1) is 17.8 Å². The molecule has 4 N–H and O–H groups in total. The number of hydrogen-bond acceptors (Lipinski definition) is 5. The van der Waals surface area contributed by atoms with Crippen molar-refractivity contribution in [2.75, 3.05) is 13.2 Å². The highest BCUT2D eigenvalue weighted by atomic mass is 16.6. The van der Waals surface area contributed by atoms with Gasteiger partial charge >= 0.3 is 12.1 Å². The molecule has 0 aromatic heterocycles. The molecular weight excluding hydrogens is 254 g/mol. The summed E-state index contributed by atoms with van der Waals surface area (Å²) >= 11 is 0. The Hall–Kier alpha value is -1.34. The quantitative estimate of drug-likeness (QED) is 0.552. The van der Waals surface area contributed by atoms with Crippen molar-refractivity contribution in [1.29, 1.82) is 0 Å². The van der Waals surface area contributed by atoms with Crippen molar-refractivity contribution in [3.63, 3.8) is 0 Å². The minimum Gasteiger partial charge on any atom is -0.481 e. The van der Waals surface area contributed by atoms with E-state index < -0.39 is 48.1 Å². The highest BCUT2D eigenvalue weighted by Crippen LogP contribution is 2.48. The van der Waals surface area contributed by atoms with E-state index in [9.17, 15) is 14.7 Å². The fraction of sp³-hybridized carbons (Fsp3) is 0.833. The van der Waals surface area contributed by atoms with Gasteiger partial charge in [0, 0.05) is 18.4 Å². The maximum atomic E-state index is 11.6. The smallest absolute Gasteiger partial charge is 0.407 e. The van der Waals surface area contributed by atoms with Crippen LogP contribution in [0.15, 0.2) is 0 Å². The Bertz CT molecular complexity index is 351. The predicted octanol–water partition coefficient (Wildman–Crippen LogP) is -0.189. The molecule has 110 valence electrons. The third kappa shape index (κ3) is 4.07.